The quantitative estimate of drug-likeness (QED) is 0.642. The molecule has 0 amide bonds. The van der Waals surface area contributed by atoms with Crippen molar-refractivity contribution >= 4 is 0 Å². The van der Waals surface area contributed by atoms with E-state index in [0.717, 1.165) is 19.8 Å². The van der Waals surface area contributed by atoms with Gasteiger partial charge >= 0.3 is 0 Å². The first-order valence-electron chi connectivity index (χ1n) is 3.88. The highest BCUT2D eigenvalue weighted by atomic mass is 16.5. The van der Waals surface area contributed by atoms with E-state index in [1.165, 1.54) is 0 Å². The minimum absolute atomic E-state index is 0.759. The fraction of sp³-hybridized carbons (Fsp3) is 0.500. The molecule has 0 bridgehead atoms. The first-order chi connectivity index (χ1) is 5.43. The summed E-state index contributed by atoms with van der Waals surface area (Å²) in [5.74, 6) is 0. The van der Waals surface area contributed by atoms with E-state index in [2.05, 4.69) is 5.43 Å². The van der Waals surface area contributed by atoms with E-state index in [9.17, 15) is 0 Å². The molecule has 1 aromatic heterocycles. The predicted molar refractivity (Wildman–Crippen MR) is 45.2 cm³/mol. The number of hydrogen-bond acceptors (Lipinski definition) is 2. The van der Waals surface area contributed by atoms with Gasteiger partial charge in [-0.3, -0.25) is 4.68 Å². The summed E-state index contributed by atoms with van der Waals surface area (Å²) in [6.07, 6.45) is 3.93. The van der Waals surface area contributed by atoms with Crippen LogP contribution in [-0.4, -0.2) is 24.4 Å². The molecule has 11 heavy (non-hydrogen) atoms. The Hall–Kier alpha value is -0.960. The molecule has 0 aliphatic heterocycles. The molecule has 1 rings (SSSR count). The molecule has 1 aromatic rings. The molecule has 3 heteroatoms. The van der Waals surface area contributed by atoms with Crippen molar-refractivity contribution < 1.29 is 4.74 Å². The van der Waals surface area contributed by atoms with E-state index in [1.807, 2.05) is 36.1 Å². The van der Waals surface area contributed by atoms with E-state index >= 15 is 0 Å². The molecule has 0 atom stereocenters. The van der Waals surface area contributed by atoms with Crippen LogP contribution in [0.5, 0.6) is 0 Å². The summed E-state index contributed by atoms with van der Waals surface area (Å²) >= 11 is 0. The molecule has 3 nitrogen and oxygen atoms in total. The zero-order valence-corrected chi connectivity index (χ0v) is 6.79. The number of rotatable bonds is 5. The summed E-state index contributed by atoms with van der Waals surface area (Å²) in [7, 11) is 0. The maximum atomic E-state index is 5.16. The molecule has 0 saturated carbocycles. The molecule has 0 unspecified atom stereocenters. The van der Waals surface area contributed by atoms with Gasteiger partial charge in [0.2, 0.25) is 0 Å². The van der Waals surface area contributed by atoms with Gasteiger partial charge in [0.05, 0.1) is 13.2 Å². The van der Waals surface area contributed by atoms with Crippen molar-refractivity contribution in [3.05, 3.63) is 24.5 Å². The molecular formula is C8H14N2O. The third-order valence-corrected chi connectivity index (χ3v) is 1.35. The summed E-state index contributed by atoms with van der Waals surface area (Å²) < 4.78 is 7.07. The van der Waals surface area contributed by atoms with Crippen molar-refractivity contribution in [2.24, 2.45) is 0 Å². The number of nitrogens with one attached hydrogen (secondary N) is 1. The van der Waals surface area contributed by atoms with Crippen LogP contribution in [0.3, 0.4) is 0 Å². The second-order valence-electron chi connectivity index (χ2n) is 2.20. The van der Waals surface area contributed by atoms with E-state index in [0.29, 0.717) is 0 Å². The van der Waals surface area contributed by atoms with Crippen LogP contribution < -0.4 is 5.43 Å². The predicted octanol–water partition coefficient (Wildman–Crippen LogP) is 1.07. The van der Waals surface area contributed by atoms with Crippen LogP contribution in [-0.2, 0) is 4.74 Å². The maximum absolute atomic E-state index is 5.16. The summed E-state index contributed by atoms with van der Waals surface area (Å²) in [4.78, 5) is 0. The summed E-state index contributed by atoms with van der Waals surface area (Å²) in [5, 5.41) is 0. The lowest BCUT2D eigenvalue weighted by Crippen LogP contribution is -2.17. The Morgan fingerprint density at radius 2 is 2.09 bits per heavy atom. The molecule has 1 heterocycles. The van der Waals surface area contributed by atoms with Crippen LogP contribution in [0.25, 0.3) is 0 Å². The monoisotopic (exact) mass is 154 g/mol. The Balaban J connectivity index is 2.04. The molecule has 0 spiro atoms. The van der Waals surface area contributed by atoms with Gasteiger partial charge < -0.3 is 10.2 Å². The van der Waals surface area contributed by atoms with Gasteiger partial charge in [0.25, 0.3) is 0 Å². The molecule has 0 fully saturated rings. The van der Waals surface area contributed by atoms with E-state index in [-0.39, 0.29) is 0 Å². The van der Waals surface area contributed by atoms with Crippen LogP contribution in [0.1, 0.15) is 6.92 Å². The Bertz CT molecular complexity index is 172. The van der Waals surface area contributed by atoms with Crippen LogP contribution in [0.4, 0.5) is 0 Å². The van der Waals surface area contributed by atoms with Gasteiger partial charge in [0.15, 0.2) is 0 Å². The topological polar surface area (TPSA) is 26.2 Å². The van der Waals surface area contributed by atoms with Crippen LogP contribution in [0.15, 0.2) is 24.5 Å². The zero-order valence-electron chi connectivity index (χ0n) is 6.79. The van der Waals surface area contributed by atoms with Crippen LogP contribution >= 0.6 is 0 Å². The Labute approximate surface area is 66.9 Å². The SMILES string of the molecule is CCOCCNn1cccc1. The fourth-order valence-corrected chi connectivity index (χ4v) is 0.831. The van der Waals surface area contributed by atoms with Gasteiger partial charge in [-0.15, -0.1) is 0 Å². The van der Waals surface area contributed by atoms with Gasteiger partial charge in [-0.05, 0) is 19.1 Å². The lowest BCUT2D eigenvalue weighted by Gasteiger charge is -2.06. The average molecular weight is 154 g/mol. The van der Waals surface area contributed by atoms with Crippen molar-refractivity contribution in [3.8, 4) is 0 Å². The Morgan fingerprint density at radius 1 is 1.36 bits per heavy atom. The Morgan fingerprint density at radius 3 is 2.73 bits per heavy atom. The third-order valence-electron chi connectivity index (χ3n) is 1.35. The first kappa shape index (κ1) is 8.14. The highest BCUT2D eigenvalue weighted by molar-refractivity contribution is 4.92. The second-order valence-corrected chi connectivity index (χ2v) is 2.20. The molecular weight excluding hydrogens is 140 g/mol. The molecule has 0 aliphatic carbocycles. The van der Waals surface area contributed by atoms with Gasteiger partial charge in [-0.1, -0.05) is 0 Å². The third kappa shape index (κ3) is 3.09. The van der Waals surface area contributed by atoms with Crippen molar-refractivity contribution in [1.82, 2.24) is 4.68 Å². The lowest BCUT2D eigenvalue weighted by atomic mass is 10.7. The average Bonchev–Trinajstić information content (AvgIpc) is 2.50. The Kier molecular flexibility index (Phi) is 3.55. The molecule has 0 radical (unpaired) electrons. The number of ether oxygens (including phenoxy) is 1. The standard InChI is InChI=1S/C8H14N2O/c1-2-11-8-5-9-10-6-3-4-7-10/h3-4,6-7,9H,2,5,8H2,1H3. The van der Waals surface area contributed by atoms with Crippen LogP contribution in [0, 0.1) is 0 Å². The number of aromatic nitrogens is 1. The highest BCUT2D eigenvalue weighted by Gasteiger charge is 1.85. The molecule has 0 aromatic carbocycles. The van der Waals surface area contributed by atoms with Gasteiger partial charge in [-0.2, -0.15) is 0 Å². The van der Waals surface area contributed by atoms with Gasteiger partial charge in [0.1, 0.15) is 0 Å². The number of nitrogens with zero attached hydrogens (tertiary/aromatic N) is 1. The van der Waals surface area contributed by atoms with E-state index in [1.54, 1.807) is 0 Å². The maximum Gasteiger partial charge on any atom is 0.0655 e. The van der Waals surface area contributed by atoms with Crippen molar-refractivity contribution in [3.63, 3.8) is 0 Å². The first-order valence-corrected chi connectivity index (χ1v) is 3.88. The molecule has 1 N–H and O–H groups in total. The van der Waals surface area contributed by atoms with Crippen LogP contribution in [0.2, 0.25) is 0 Å². The fourth-order valence-electron chi connectivity index (χ4n) is 0.831. The van der Waals surface area contributed by atoms with E-state index in [4.69, 9.17) is 4.74 Å². The number of hydrogen-bond donors (Lipinski definition) is 1. The zero-order chi connectivity index (χ0) is 7.94. The minimum atomic E-state index is 0.759. The summed E-state index contributed by atoms with van der Waals surface area (Å²) in [6, 6.07) is 3.96. The summed E-state index contributed by atoms with van der Waals surface area (Å²) in [6.45, 7) is 4.39. The molecule has 62 valence electrons. The highest BCUT2D eigenvalue weighted by Crippen LogP contribution is 1.84. The van der Waals surface area contributed by atoms with E-state index < -0.39 is 0 Å². The van der Waals surface area contributed by atoms with Crippen molar-refractivity contribution in [1.29, 1.82) is 0 Å². The molecule has 0 saturated heterocycles. The van der Waals surface area contributed by atoms with Crippen molar-refractivity contribution in [2.75, 3.05) is 25.2 Å². The van der Waals surface area contributed by atoms with Gasteiger partial charge in [0, 0.05) is 19.0 Å². The normalized spacial score (nSPS) is 9.91. The smallest absolute Gasteiger partial charge is 0.0655 e. The van der Waals surface area contributed by atoms with Gasteiger partial charge in [-0.25, -0.2) is 0 Å². The minimum Gasteiger partial charge on any atom is -0.380 e. The summed E-state index contributed by atoms with van der Waals surface area (Å²) in [5.41, 5.74) is 3.15. The second kappa shape index (κ2) is 4.79. The van der Waals surface area contributed by atoms with Crippen molar-refractivity contribution in [2.45, 2.75) is 6.92 Å². The molecule has 0 aliphatic rings. The largest absolute Gasteiger partial charge is 0.380 e. The lowest BCUT2D eigenvalue weighted by molar-refractivity contribution is 0.156.